The molecule has 31 heavy (non-hydrogen) atoms. The average Bonchev–Trinajstić information content (AvgIpc) is 2.60. The zero-order chi connectivity index (χ0) is 25.2. The summed E-state index contributed by atoms with van der Waals surface area (Å²) in [6.07, 6.45) is -3.41. The van der Waals surface area contributed by atoms with Gasteiger partial charge in [-0.2, -0.15) is 13.2 Å². The summed E-state index contributed by atoms with van der Waals surface area (Å²) in [5.74, 6) is -8.04. The van der Waals surface area contributed by atoms with Gasteiger partial charge in [0.2, 0.25) is 5.78 Å². The number of aliphatic carboxylic acids is 2. The molecule has 0 aliphatic rings. The van der Waals surface area contributed by atoms with Crippen LogP contribution in [-0.4, -0.2) is 45.7 Å². The van der Waals surface area contributed by atoms with Crippen molar-refractivity contribution in [1.82, 2.24) is 0 Å². The van der Waals surface area contributed by atoms with E-state index in [1.807, 2.05) is 0 Å². The van der Waals surface area contributed by atoms with Gasteiger partial charge in [0, 0.05) is 6.42 Å². The molecule has 2 N–H and O–H groups in total. The first-order valence-corrected chi connectivity index (χ1v) is 9.39. The maximum atomic E-state index is 11.9. The molecule has 0 spiro atoms. The van der Waals surface area contributed by atoms with E-state index in [9.17, 15) is 32.3 Å². The van der Waals surface area contributed by atoms with E-state index in [-0.39, 0.29) is 12.3 Å². The van der Waals surface area contributed by atoms with Crippen molar-refractivity contribution in [2.45, 2.75) is 59.2 Å². The van der Waals surface area contributed by atoms with Gasteiger partial charge in [-0.05, 0) is 32.6 Å². The smallest absolute Gasteiger partial charge is 0.449 e. The minimum absolute atomic E-state index is 0.125. The van der Waals surface area contributed by atoms with Gasteiger partial charge in [-0.15, -0.1) is 13.2 Å². The molecule has 0 bridgehead atoms. The monoisotopic (exact) mass is 452 g/mol. The highest BCUT2D eigenvalue weighted by molar-refractivity contribution is 5.88. The van der Waals surface area contributed by atoms with Crippen LogP contribution in [0, 0.1) is 23.7 Å². The molecule has 0 amide bonds. The zero-order valence-electron chi connectivity index (χ0n) is 18.4. The molecule has 0 rings (SSSR count). The molecule has 178 valence electrons. The Balaban J connectivity index is 0. The van der Waals surface area contributed by atoms with Crippen LogP contribution in [0.25, 0.3) is 0 Å². The van der Waals surface area contributed by atoms with Gasteiger partial charge in [0.25, 0.3) is 0 Å². The first-order valence-electron chi connectivity index (χ1n) is 9.39. The van der Waals surface area contributed by atoms with Crippen LogP contribution in [-0.2, 0) is 23.9 Å². The number of alkyl halides is 3. The molecule has 0 saturated heterocycles. The van der Waals surface area contributed by atoms with Crippen molar-refractivity contribution in [1.29, 1.82) is 0 Å². The van der Waals surface area contributed by atoms with Crippen LogP contribution >= 0.6 is 0 Å². The maximum Gasteiger partial charge on any atom is 0.449 e. The Bertz CT molecular complexity index is 663. The van der Waals surface area contributed by atoms with E-state index >= 15 is 0 Å². The SMILES string of the molecule is C=C[C@H](C)C(CC(=O)C(F)(F)F)C(=O)O.C=C[C@H](C)C(CC(=O)OC(C)(C)C)C(=O)O. The molecule has 0 saturated carbocycles. The van der Waals surface area contributed by atoms with Crippen LogP contribution in [0.5, 0.6) is 0 Å². The largest absolute Gasteiger partial charge is 0.481 e. The standard InChI is InChI=1S/C12H20O4.C9H11F3O3/c1-6-8(2)9(11(14)15)7-10(13)16-12(3,4)5;1-3-5(2)6(8(14)15)4-7(13)9(10,11)12/h6,8-9H,1,7H2,2-5H3,(H,14,15);3,5-6H,1,4H2,2H3,(H,14,15)/t8-,9?;5-,6?/m00/s1. The lowest BCUT2D eigenvalue weighted by Gasteiger charge is -2.22. The van der Waals surface area contributed by atoms with Gasteiger partial charge >= 0.3 is 24.1 Å². The van der Waals surface area contributed by atoms with Gasteiger partial charge in [0.05, 0.1) is 18.3 Å². The van der Waals surface area contributed by atoms with E-state index in [4.69, 9.17) is 14.9 Å². The number of allylic oxidation sites excluding steroid dienone is 2. The Kier molecular flexibility index (Phi) is 12.7. The number of ether oxygens (including phenoxy) is 1. The van der Waals surface area contributed by atoms with Gasteiger partial charge in [-0.3, -0.25) is 19.2 Å². The molecule has 0 fully saturated rings. The summed E-state index contributed by atoms with van der Waals surface area (Å²) < 4.78 is 40.7. The number of carbonyl (C=O) groups is 4. The third-order valence-corrected chi connectivity index (χ3v) is 4.18. The zero-order valence-corrected chi connectivity index (χ0v) is 18.4. The quantitative estimate of drug-likeness (QED) is 0.375. The molecule has 0 heterocycles. The molecule has 10 heteroatoms. The molecule has 2 unspecified atom stereocenters. The molecule has 7 nitrogen and oxygen atoms in total. The highest BCUT2D eigenvalue weighted by Crippen LogP contribution is 2.25. The fourth-order valence-corrected chi connectivity index (χ4v) is 2.20. The van der Waals surface area contributed by atoms with Gasteiger partial charge in [0.15, 0.2) is 0 Å². The molecule has 0 aromatic carbocycles. The summed E-state index contributed by atoms with van der Waals surface area (Å²) in [7, 11) is 0. The van der Waals surface area contributed by atoms with Crippen molar-refractivity contribution >= 4 is 23.7 Å². The number of carbonyl (C=O) groups excluding carboxylic acids is 2. The summed E-state index contributed by atoms with van der Waals surface area (Å²) in [4.78, 5) is 43.6. The molecular weight excluding hydrogens is 421 g/mol. The average molecular weight is 452 g/mol. The predicted molar refractivity (Wildman–Crippen MR) is 107 cm³/mol. The molecule has 4 atom stereocenters. The number of Topliss-reactive ketones (excluding diaryl/α,β-unsaturated/α-hetero) is 1. The number of ketones is 1. The minimum Gasteiger partial charge on any atom is -0.481 e. The van der Waals surface area contributed by atoms with Gasteiger partial charge < -0.3 is 14.9 Å². The Morgan fingerprint density at radius 3 is 1.48 bits per heavy atom. The van der Waals surface area contributed by atoms with Crippen LogP contribution in [0.1, 0.15) is 47.5 Å². The van der Waals surface area contributed by atoms with Crippen LogP contribution < -0.4 is 0 Å². The first kappa shape index (κ1) is 30.5. The summed E-state index contributed by atoms with van der Waals surface area (Å²) in [5.41, 5.74) is -0.586. The van der Waals surface area contributed by atoms with E-state index in [0.29, 0.717) is 0 Å². The van der Waals surface area contributed by atoms with Crippen LogP contribution in [0.3, 0.4) is 0 Å². The molecular formula is C21H31F3O7. The van der Waals surface area contributed by atoms with Crippen molar-refractivity contribution in [3.8, 4) is 0 Å². The first-order chi connectivity index (χ1) is 13.9. The summed E-state index contributed by atoms with van der Waals surface area (Å²) in [6.45, 7) is 15.2. The molecule has 0 aliphatic heterocycles. The number of esters is 1. The van der Waals surface area contributed by atoms with Crippen molar-refractivity contribution in [3.05, 3.63) is 25.3 Å². The number of halogens is 3. The Labute approximate surface area is 180 Å². The van der Waals surface area contributed by atoms with Crippen molar-refractivity contribution in [2.24, 2.45) is 23.7 Å². The molecule has 0 radical (unpaired) electrons. The van der Waals surface area contributed by atoms with Gasteiger partial charge in [0.1, 0.15) is 5.60 Å². The fourth-order valence-electron chi connectivity index (χ4n) is 2.20. The third kappa shape index (κ3) is 13.3. The van der Waals surface area contributed by atoms with Crippen molar-refractivity contribution < 1.29 is 47.3 Å². The van der Waals surface area contributed by atoms with Crippen molar-refractivity contribution in [2.75, 3.05) is 0 Å². The van der Waals surface area contributed by atoms with Gasteiger partial charge in [-0.25, -0.2) is 0 Å². The van der Waals surface area contributed by atoms with E-state index < -0.39 is 59.6 Å². The van der Waals surface area contributed by atoms with E-state index in [0.717, 1.165) is 0 Å². The summed E-state index contributed by atoms with van der Waals surface area (Å²) >= 11 is 0. The number of carboxylic acids is 2. The third-order valence-electron chi connectivity index (χ3n) is 4.18. The van der Waals surface area contributed by atoms with E-state index in [1.54, 1.807) is 27.7 Å². The van der Waals surface area contributed by atoms with E-state index in [2.05, 4.69) is 13.2 Å². The lowest BCUT2D eigenvalue weighted by Crippen LogP contribution is -2.30. The van der Waals surface area contributed by atoms with Crippen LogP contribution in [0.15, 0.2) is 25.3 Å². The topological polar surface area (TPSA) is 118 Å². The lowest BCUT2D eigenvalue weighted by atomic mass is 9.89. The Morgan fingerprint density at radius 1 is 0.871 bits per heavy atom. The molecule has 0 aromatic rings. The highest BCUT2D eigenvalue weighted by atomic mass is 19.4. The summed E-state index contributed by atoms with van der Waals surface area (Å²) in [5, 5.41) is 17.6. The number of rotatable bonds is 10. The lowest BCUT2D eigenvalue weighted by molar-refractivity contribution is -0.173. The summed E-state index contributed by atoms with van der Waals surface area (Å²) in [6, 6.07) is 0. The normalized spacial score (nSPS) is 15.2. The maximum absolute atomic E-state index is 11.9. The number of hydrogen-bond acceptors (Lipinski definition) is 5. The second kappa shape index (κ2) is 12.9. The number of carboxylic acid groups (broad SMARTS) is 2. The Hall–Kier alpha value is -2.65. The number of hydrogen-bond donors (Lipinski definition) is 2. The highest BCUT2D eigenvalue weighted by Gasteiger charge is 2.41. The predicted octanol–water partition coefficient (Wildman–Crippen LogP) is 4.27. The molecule has 0 aromatic heterocycles. The molecule has 0 aliphatic carbocycles. The van der Waals surface area contributed by atoms with E-state index in [1.165, 1.54) is 19.1 Å². The van der Waals surface area contributed by atoms with Gasteiger partial charge in [-0.1, -0.05) is 26.0 Å². The van der Waals surface area contributed by atoms with Crippen LogP contribution in [0.2, 0.25) is 0 Å². The second-order valence-electron chi connectivity index (χ2n) is 7.99. The Morgan fingerprint density at radius 2 is 1.23 bits per heavy atom. The second-order valence-corrected chi connectivity index (χ2v) is 7.99. The minimum atomic E-state index is -4.98. The van der Waals surface area contributed by atoms with Crippen molar-refractivity contribution in [3.63, 3.8) is 0 Å². The van der Waals surface area contributed by atoms with Crippen LogP contribution in [0.4, 0.5) is 13.2 Å². The fraction of sp³-hybridized carbons (Fsp3) is 0.619.